The lowest BCUT2D eigenvalue weighted by atomic mass is 9.87. The van der Waals surface area contributed by atoms with Crippen molar-refractivity contribution in [3.8, 4) is 0 Å². The molecule has 1 N–H and O–H groups in total. The monoisotopic (exact) mass is 295 g/mol. The molecule has 0 radical (unpaired) electrons. The zero-order valence-electron chi connectivity index (χ0n) is 12.8. The number of hydrogen-bond acceptors (Lipinski definition) is 3. The second kappa shape index (κ2) is 8.47. The van der Waals surface area contributed by atoms with Crippen LogP contribution in [0.2, 0.25) is 0 Å². The van der Waals surface area contributed by atoms with Crippen LogP contribution in [0.25, 0.3) is 0 Å². The summed E-state index contributed by atoms with van der Waals surface area (Å²) in [6.07, 6.45) is 3.81. The molecule has 4 heteroatoms. The summed E-state index contributed by atoms with van der Waals surface area (Å²) < 4.78 is 18.0. The van der Waals surface area contributed by atoms with E-state index >= 15 is 0 Å². The van der Waals surface area contributed by atoms with E-state index in [0.29, 0.717) is 0 Å². The Bertz CT molecular complexity index is 402. The normalized spacial score (nSPS) is 18.8. The minimum Gasteiger partial charge on any atom is -0.388 e. The Morgan fingerprint density at radius 1 is 1.24 bits per heavy atom. The van der Waals surface area contributed by atoms with Crippen molar-refractivity contribution in [2.75, 3.05) is 33.4 Å². The third-order valence-electron chi connectivity index (χ3n) is 4.36. The van der Waals surface area contributed by atoms with Crippen LogP contribution >= 0.6 is 0 Å². The highest BCUT2D eigenvalue weighted by molar-refractivity contribution is 5.19. The predicted molar refractivity (Wildman–Crippen MR) is 81.6 cm³/mol. The second-order valence-electron chi connectivity index (χ2n) is 5.88. The molecule has 118 valence electrons. The molecule has 1 aromatic rings. The maximum atomic E-state index is 12.9. The van der Waals surface area contributed by atoms with E-state index in [0.717, 1.165) is 51.1 Å². The van der Waals surface area contributed by atoms with Crippen LogP contribution in [0.15, 0.2) is 24.3 Å². The van der Waals surface area contributed by atoms with E-state index in [2.05, 4.69) is 4.90 Å². The van der Waals surface area contributed by atoms with Gasteiger partial charge in [0.15, 0.2) is 0 Å². The van der Waals surface area contributed by atoms with Crippen molar-refractivity contribution >= 4 is 0 Å². The van der Waals surface area contributed by atoms with Gasteiger partial charge in [-0.3, -0.25) is 0 Å². The summed E-state index contributed by atoms with van der Waals surface area (Å²) in [6.45, 7) is 4.02. The molecule has 3 nitrogen and oxygen atoms in total. The fourth-order valence-electron chi connectivity index (χ4n) is 3.01. The van der Waals surface area contributed by atoms with Crippen LogP contribution in [-0.4, -0.2) is 43.4 Å². The Balaban J connectivity index is 1.74. The number of likely N-dealkylation sites (tertiary alicyclic amines) is 1. The number of benzene rings is 1. The molecule has 0 amide bonds. The van der Waals surface area contributed by atoms with E-state index in [4.69, 9.17) is 4.74 Å². The fourth-order valence-corrected chi connectivity index (χ4v) is 3.01. The number of nitrogens with zero attached hydrogens (tertiary/aromatic N) is 1. The summed E-state index contributed by atoms with van der Waals surface area (Å²) in [5, 5.41) is 10.4. The number of methoxy groups -OCH3 is 1. The van der Waals surface area contributed by atoms with Crippen molar-refractivity contribution < 1.29 is 14.2 Å². The maximum absolute atomic E-state index is 12.9. The molecule has 1 unspecified atom stereocenters. The maximum Gasteiger partial charge on any atom is 0.123 e. The summed E-state index contributed by atoms with van der Waals surface area (Å²) in [5.41, 5.74) is 0.829. The van der Waals surface area contributed by atoms with Gasteiger partial charge in [-0.05, 0) is 68.9 Å². The average Bonchev–Trinajstić information content (AvgIpc) is 2.52. The molecular weight excluding hydrogens is 269 g/mol. The van der Waals surface area contributed by atoms with Crippen molar-refractivity contribution in [1.82, 2.24) is 4.90 Å². The van der Waals surface area contributed by atoms with E-state index in [1.807, 2.05) is 0 Å². The Morgan fingerprint density at radius 3 is 2.52 bits per heavy atom. The minimum absolute atomic E-state index is 0.253. The lowest BCUT2D eigenvalue weighted by Gasteiger charge is -2.34. The Hall–Kier alpha value is -0.970. The highest BCUT2D eigenvalue weighted by Gasteiger charge is 2.25. The van der Waals surface area contributed by atoms with Crippen LogP contribution in [0.3, 0.4) is 0 Å². The molecule has 0 bridgehead atoms. The third-order valence-corrected chi connectivity index (χ3v) is 4.36. The SMILES string of the molecule is COCCCCN1CCC(C(O)c2ccc(F)cc2)CC1. The molecule has 1 aliphatic heterocycles. The van der Waals surface area contributed by atoms with Gasteiger partial charge in [0.2, 0.25) is 0 Å². The Kier molecular flexibility index (Phi) is 6.61. The van der Waals surface area contributed by atoms with Gasteiger partial charge in [-0.1, -0.05) is 12.1 Å². The summed E-state index contributed by atoms with van der Waals surface area (Å²) >= 11 is 0. The average molecular weight is 295 g/mol. The summed E-state index contributed by atoms with van der Waals surface area (Å²) in [6, 6.07) is 6.22. The number of rotatable bonds is 7. The molecule has 0 aliphatic carbocycles. The fraction of sp³-hybridized carbons (Fsp3) is 0.647. The third kappa shape index (κ3) is 5.06. The van der Waals surface area contributed by atoms with Crippen LogP contribution in [-0.2, 0) is 4.74 Å². The number of ether oxygens (including phenoxy) is 1. The molecule has 1 fully saturated rings. The number of piperidine rings is 1. The van der Waals surface area contributed by atoms with Crippen LogP contribution in [0.4, 0.5) is 4.39 Å². The van der Waals surface area contributed by atoms with Crippen molar-refractivity contribution in [2.24, 2.45) is 5.92 Å². The lowest BCUT2D eigenvalue weighted by molar-refractivity contribution is 0.0577. The van der Waals surface area contributed by atoms with Crippen molar-refractivity contribution in [3.63, 3.8) is 0 Å². The molecule has 0 spiro atoms. The number of unbranched alkanes of at least 4 members (excludes halogenated alkanes) is 1. The molecule has 0 aromatic heterocycles. The minimum atomic E-state index is -0.471. The number of hydrogen-bond donors (Lipinski definition) is 1. The first kappa shape index (κ1) is 16.4. The number of halogens is 1. The van der Waals surface area contributed by atoms with Gasteiger partial charge in [0.1, 0.15) is 5.82 Å². The van der Waals surface area contributed by atoms with Gasteiger partial charge in [-0.2, -0.15) is 0 Å². The van der Waals surface area contributed by atoms with E-state index < -0.39 is 6.10 Å². The number of aliphatic hydroxyl groups is 1. The highest BCUT2D eigenvalue weighted by Crippen LogP contribution is 2.30. The first-order valence-corrected chi connectivity index (χ1v) is 7.85. The second-order valence-corrected chi connectivity index (χ2v) is 5.88. The van der Waals surface area contributed by atoms with E-state index in [9.17, 15) is 9.50 Å². The van der Waals surface area contributed by atoms with Crippen LogP contribution in [0.5, 0.6) is 0 Å². The summed E-state index contributed by atoms with van der Waals surface area (Å²) in [7, 11) is 1.74. The first-order valence-electron chi connectivity index (χ1n) is 7.85. The molecule has 1 saturated heterocycles. The van der Waals surface area contributed by atoms with Gasteiger partial charge in [-0.25, -0.2) is 4.39 Å². The van der Waals surface area contributed by atoms with E-state index in [-0.39, 0.29) is 11.7 Å². The predicted octanol–water partition coefficient (Wildman–Crippen LogP) is 3.00. The quantitative estimate of drug-likeness (QED) is 0.785. The van der Waals surface area contributed by atoms with E-state index in [1.54, 1.807) is 19.2 Å². The molecule has 1 heterocycles. The Labute approximate surface area is 126 Å². The van der Waals surface area contributed by atoms with Gasteiger partial charge in [0.05, 0.1) is 6.10 Å². The van der Waals surface area contributed by atoms with Gasteiger partial charge >= 0.3 is 0 Å². The van der Waals surface area contributed by atoms with Gasteiger partial charge < -0.3 is 14.7 Å². The standard InChI is InChI=1S/C17H26FNO2/c1-21-13-3-2-10-19-11-8-15(9-12-19)17(20)14-4-6-16(18)7-5-14/h4-7,15,17,20H,2-3,8-13H2,1H3. The van der Waals surface area contributed by atoms with Gasteiger partial charge in [0, 0.05) is 13.7 Å². The zero-order chi connectivity index (χ0) is 15.1. The number of aliphatic hydroxyl groups excluding tert-OH is 1. The topological polar surface area (TPSA) is 32.7 Å². The van der Waals surface area contributed by atoms with E-state index in [1.165, 1.54) is 18.6 Å². The van der Waals surface area contributed by atoms with Crippen LogP contribution < -0.4 is 0 Å². The zero-order valence-corrected chi connectivity index (χ0v) is 12.8. The molecule has 2 rings (SSSR count). The highest BCUT2D eigenvalue weighted by atomic mass is 19.1. The Morgan fingerprint density at radius 2 is 1.90 bits per heavy atom. The van der Waals surface area contributed by atoms with Crippen LogP contribution in [0, 0.1) is 11.7 Å². The molecule has 0 saturated carbocycles. The summed E-state index contributed by atoms with van der Waals surface area (Å²) in [4.78, 5) is 2.46. The van der Waals surface area contributed by atoms with Crippen LogP contribution in [0.1, 0.15) is 37.4 Å². The lowest BCUT2D eigenvalue weighted by Crippen LogP contribution is -2.36. The smallest absolute Gasteiger partial charge is 0.123 e. The molecule has 1 atom stereocenters. The first-order chi connectivity index (χ1) is 10.2. The summed E-state index contributed by atoms with van der Waals surface area (Å²) in [5.74, 6) is 0.0301. The van der Waals surface area contributed by atoms with Crippen molar-refractivity contribution in [1.29, 1.82) is 0 Å². The van der Waals surface area contributed by atoms with Crippen molar-refractivity contribution in [3.05, 3.63) is 35.6 Å². The van der Waals surface area contributed by atoms with Gasteiger partial charge in [-0.15, -0.1) is 0 Å². The largest absolute Gasteiger partial charge is 0.388 e. The van der Waals surface area contributed by atoms with Gasteiger partial charge in [0.25, 0.3) is 0 Å². The van der Waals surface area contributed by atoms with Crippen molar-refractivity contribution in [2.45, 2.75) is 31.8 Å². The molecule has 1 aliphatic rings. The molecular formula is C17H26FNO2. The molecule has 21 heavy (non-hydrogen) atoms. The molecule has 1 aromatic carbocycles.